The van der Waals surface area contributed by atoms with E-state index in [9.17, 15) is 9.90 Å². The van der Waals surface area contributed by atoms with E-state index in [0.29, 0.717) is 6.42 Å². The number of carbonyl (C=O) groups excluding carboxylic acids is 1. The van der Waals surface area contributed by atoms with Gasteiger partial charge in [0, 0.05) is 17.2 Å². The first-order valence-electron chi connectivity index (χ1n) is 5.12. The zero-order valence-electron chi connectivity index (χ0n) is 9.71. The van der Waals surface area contributed by atoms with Crippen LogP contribution in [-0.4, -0.2) is 11.4 Å². The first-order chi connectivity index (χ1) is 7.76. The van der Waals surface area contributed by atoms with Crippen molar-refractivity contribution in [2.45, 2.75) is 32.8 Å². The van der Waals surface area contributed by atoms with E-state index in [4.69, 9.17) is 10.8 Å². The van der Waals surface area contributed by atoms with Crippen molar-refractivity contribution in [1.82, 2.24) is 0 Å². The number of aliphatic hydroxyl groups excluding tert-OH is 1. The lowest BCUT2D eigenvalue weighted by Crippen LogP contribution is -1.93. The Kier molecular flexibility index (Phi) is 13.8. The first-order valence-corrected chi connectivity index (χ1v) is 5.12. The van der Waals surface area contributed by atoms with Crippen LogP contribution in [0.2, 0.25) is 0 Å². The molecule has 0 saturated carbocycles. The van der Waals surface area contributed by atoms with Crippen molar-refractivity contribution >= 4 is 6.29 Å². The van der Waals surface area contributed by atoms with Crippen LogP contribution in [0.3, 0.4) is 0 Å². The summed E-state index contributed by atoms with van der Waals surface area (Å²) in [6, 6.07) is 9.70. The Balaban J connectivity index is 0. The molecule has 1 unspecified atom stereocenters. The summed E-state index contributed by atoms with van der Waals surface area (Å²) in [5.41, 5.74) is 1.00. The minimum Gasteiger partial charge on any atom is -0.388 e. The van der Waals surface area contributed by atoms with Gasteiger partial charge in [0.1, 0.15) is 6.29 Å². The average molecular weight is 222 g/mol. The molecule has 0 amide bonds. The summed E-state index contributed by atoms with van der Waals surface area (Å²) in [6.45, 7) is 3.78. The fourth-order valence-corrected chi connectivity index (χ4v) is 0.911. The molecule has 0 aliphatic rings. The summed E-state index contributed by atoms with van der Waals surface area (Å²) < 4.78 is 0. The van der Waals surface area contributed by atoms with Crippen molar-refractivity contribution in [3.8, 4) is 0 Å². The van der Waals surface area contributed by atoms with Crippen LogP contribution in [0.25, 0.3) is 0 Å². The maximum atomic E-state index is 9.33. The monoisotopic (exact) mass is 222 g/mol. The van der Waals surface area contributed by atoms with Gasteiger partial charge in [0.05, 0.1) is 6.10 Å². The summed E-state index contributed by atoms with van der Waals surface area (Å²) in [7, 11) is 0. The smallest absolute Gasteiger partial charge is 0.119 e. The fourth-order valence-electron chi connectivity index (χ4n) is 0.911. The van der Waals surface area contributed by atoms with E-state index >= 15 is 0 Å². The van der Waals surface area contributed by atoms with Gasteiger partial charge in [-0.25, -0.2) is 0 Å². The molecular formula is C12H18N2O2. The summed E-state index contributed by atoms with van der Waals surface area (Å²) in [5.74, 6) is 0. The molecule has 0 radical (unpaired) electrons. The van der Waals surface area contributed by atoms with Crippen LogP contribution in [0.4, 0.5) is 0 Å². The molecule has 0 aliphatic carbocycles. The number of hydrogen-bond donors (Lipinski definition) is 1. The van der Waals surface area contributed by atoms with Crippen molar-refractivity contribution in [3.63, 3.8) is 0 Å². The van der Waals surface area contributed by atoms with E-state index in [0.717, 1.165) is 18.3 Å². The highest BCUT2D eigenvalue weighted by atomic mass is 16.3. The molecule has 0 bridgehead atoms. The maximum absolute atomic E-state index is 9.33. The van der Waals surface area contributed by atoms with Crippen molar-refractivity contribution < 1.29 is 9.90 Å². The molecule has 0 aliphatic heterocycles. The molecule has 1 N–H and O–H groups in total. The van der Waals surface area contributed by atoms with Gasteiger partial charge < -0.3 is 9.90 Å². The Morgan fingerprint density at radius 2 is 1.69 bits per heavy atom. The number of benzene rings is 1. The second kappa shape index (κ2) is 13.3. The highest BCUT2D eigenvalue weighted by Crippen LogP contribution is 2.14. The van der Waals surface area contributed by atoms with Crippen LogP contribution in [-0.2, 0) is 4.79 Å². The van der Waals surface area contributed by atoms with Crippen LogP contribution in [0.1, 0.15) is 38.4 Å². The van der Waals surface area contributed by atoms with Gasteiger partial charge in [-0.3, -0.25) is 0 Å². The number of aliphatic hydroxyl groups is 1. The normalized spacial score (nSPS) is 9.81. The molecular weight excluding hydrogens is 204 g/mol. The second-order valence-electron chi connectivity index (χ2n) is 2.91. The summed E-state index contributed by atoms with van der Waals surface area (Å²) in [6.07, 6.45) is 2.01. The molecule has 0 heterocycles. The molecule has 0 spiro atoms. The Morgan fingerprint density at radius 3 is 2.00 bits per heavy atom. The van der Waals surface area contributed by atoms with Gasteiger partial charge in [-0.05, 0) is 12.0 Å². The molecule has 88 valence electrons. The number of rotatable bonds is 3. The second-order valence-corrected chi connectivity index (χ2v) is 2.91. The molecule has 0 aromatic heterocycles. The Morgan fingerprint density at radius 1 is 1.25 bits per heavy atom. The van der Waals surface area contributed by atoms with Gasteiger partial charge in [-0.1, -0.05) is 44.2 Å². The summed E-state index contributed by atoms with van der Waals surface area (Å²) >= 11 is 0. The molecule has 0 fully saturated rings. The minimum absolute atomic E-state index is 0.291. The first kappa shape index (κ1) is 16.7. The van der Waals surface area contributed by atoms with Crippen LogP contribution >= 0.6 is 0 Å². The van der Waals surface area contributed by atoms with Crippen molar-refractivity contribution in [2.75, 3.05) is 0 Å². The van der Waals surface area contributed by atoms with Gasteiger partial charge in [0.25, 0.3) is 0 Å². The van der Waals surface area contributed by atoms with E-state index in [2.05, 4.69) is 0 Å². The van der Waals surface area contributed by atoms with E-state index in [-0.39, 0.29) is 6.10 Å². The van der Waals surface area contributed by atoms with Crippen LogP contribution in [0.15, 0.2) is 30.3 Å². The molecule has 0 saturated heterocycles. The third-order valence-electron chi connectivity index (χ3n) is 1.74. The molecule has 4 nitrogen and oxygen atoms in total. The van der Waals surface area contributed by atoms with Gasteiger partial charge in [0.2, 0.25) is 0 Å². The minimum atomic E-state index is -0.291. The predicted octanol–water partition coefficient (Wildman–Crippen LogP) is 2.76. The largest absolute Gasteiger partial charge is 0.388 e. The molecule has 1 rings (SSSR count). The molecule has 1 atom stereocenters. The standard InChI is InChI=1S/C9H12O.C3H6O.N2/c1-2-9(10)8-6-4-3-5-7-8;1-2-3-4;1-2/h3-7,9-10H,2H2,1H3;3H,2H2,1H3;. The maximum Gasteiger partial charge on any atom is 0.119 e. The SMILES string of the molecule is CCC(O)c1ccccc1.CCC=O.N#N. The lowest BCUT2D eigenvalue weighted by molar-refractivity contribution is -0.107. The quantitative estimate of drug-likeness (QED) is 0.629. The molecule has 1 aromatic carbocycles. The lowest BCUT2D eigenvalue weighted by Gasteiger charge is -2.05. The zero-order valence-corrected chi connectivity index (χ0v) is 9.71. The van der Waals surface area contributed by atoms with Crippen molar-refractivity contribution in [1.29, 1.82) is 10.8 Å². The average Bonchev–Trinajstić information content (AvgIpc) is 2.41. The van der Waals surface area contributed by atoms with Gasteiger partial charge in [0.15, 0.2) is 0 Å². The third-order valence-corrected chi connectivity index (χ3v) is 1.74. The Bertz CT molecular complexity index is 273. The Hall–Kier alpha value is -1.73. The highest BCUT2D eigenvalue weighted by Gasteiger charge is 2.00. The Labute approximate surface area is 96.3 Å². The van der Waals surface area contributed by atoms with E-state index in [1.165, 1.54) is 0 Å². The molecule has 4 heteroatoms. The van der Waals surface area contributed by atoms with Crippen LogP contribution < -0.4 is 0 Å². The molecule has 16 heavy (non-hydrogen) atoms. The summed E-state index contributed by atoms with van der Waals surface area (Å²) in [5, 5.41) is 21.3. The number of aldehydes is 1. The number of nitrogens with zero attached hydrogens (tertiary/aromatic N) is 2. The predicted molar refractivity (Wildman–Crippen MR) is 61.5 cm³/mol. The van der Waals surface area contributed by atoms with Crippen LogP contribution in [0, 0.1) is 10.8 Å². The van der Waals surface area contributed by atoms with Gasteiger partial charge in [-0.2, -0.15) is 0 Å². The van der Waals surface area contributed by atoms with E-state index < -0.39 is 0 Å². The zero-order chi connectivity index (χ0) is 12.8. The lowest BCUT2D eigenvalue weighted by atomic mass is 10.1. The van der Waals surface area contributed by atoms with Crippen molar-refractivity contribution in [3.05, 3.63) is 35.9 Å². The molecule has 1 aromatic rings. The van der Waals surface area contributed by atoms with Crippen molar-refractivity contribution in [2.24, 2.45) is 0 Å². The summed E-state index contributed by atoms with van der Waals surface area (Å²) in [4.78, 5) is 9.17. The topological polar surface area (TPSA) is 84.9 Å². The highest BCUT2D eigenvalue weighted by molar-refractivity contribution is 5.48. The fraction of sp³-hybridized carbons (Fsp3) is 0.417. The van der Waals surface area contributed by atoms with Gasteiger partial charge >= 0.3 is 0 Å². The van der Waals surface area contributed by atoms with E-state index in [1.807, 2.05) is 44.2 Å². The third kappa shape index (κ3) is 8.85. The van der Waals surface area contributed by atoms with E-state index in [1.54, 1.807) is 0 Å². The number of hydrogen-bond acceptors (Lipinski definition) is 4. The van der Waals surface area contributed by atoms with Crippen LogP contribution in [0.5, 0.6) is 0 Å². The van der Waals surface area contributed by atoms with Gasteiger partial charge in [-0.15, -0.1) is 0 Å². The number of carbonyl (C=O) groups is 1.